The molecule has 0 saturated heterocycles. The lowest BCUT2D eigenvalue weighted by Gasteiger charge is -2.37. The summed E-state index contributed by atoms with van der Waals surface area (Å²) in [6, 6.07) is 19.7. The van der Waals surface area contributed by atoms with Crippen LogP contribution < -0.4 is 4.74 Å². The van der Waals surface area contributed by atoms with Crippen LogP contribution >= 0.6 is 11.3 Å². The second kappa shape index (κ2) is 5.63. The fraction of sp³-hybridized carbons (Fsp3) is 0.150. The molecule has 2 aliphatic heterocycles. The van der Waals surface area contributed by atoms with E-state index in [2.05, 4.69) is 22.5 Å². The number of hydrogen-bond acceptors (Lipinski definition) is 5. The Labute approximate surface area is 149 Å². The monoisotopic (exact) mass is 348 g/mol. The molecule has 4 nitrogen and oxygen atoms in total. The van der Waals surface area contributed by atoms with Gasteiger partial charge in [-0.25, -0.2) is 5.01 Å². The lowest BCUT2D eigenvalue weighted by atomic mass is 9.96. The van der Waals surface area contributed by atoms with Crippen LogP contribution in [0.15, 0.2) is 71.1 Å². The van der Waals surface area contributed by atoms with Crippen molar-refractivity contribution in [1.82, 2.24) is 5.01 Å². The Balaban J connectivity index is 1.60. The van der Waals surface area contributed by atoms with E-state index in [0.717, 1.165) is 33.9 Å². The fourth-order valence-corrected chi connectivity index (χ4v) is 4.26. The minimum Gasteiger partial charge on any atom is -0.508 e. The Hall–Kier alpha value is -2.79. The molecule has 3 aromatic rings. The van der Waals surface area contributed by atoms with E-state index >= 15 is 0 Å². The van der Waals surface area contributed by atoms with Crippen LogP contribution in [0.5, 0.6) is 11.5 Å². The summed E-state index contributed by atoms with van der Waals surface area (Å²) < 4.78 is 6.28. The van der Waals surface area contributed by atoms with Gasteiger partial charge in [-0.1, -0.05) is 36.4 Å². The third-order valence-corrected chi connectivity index (χ3v) is 5.57. The number of benzene rings is 2. The number of ether oxygens (including phenoxy) is 1. The molecule has 3 heterocycles. The summed E-state index contributed by atoms with van der Waals surface area (Å²) in [5.74, 6) is 1.19. The summed E-state index contributed by atoms with van der Waals surface area (Å²) in [6.45, 7) is 0. The molecule has 124 valence electrons. The van der Waals surface area contributed by atoms with E-state index in [4.69, 9.17) is 9.84 Å². The molecule has 5 rings (SSSR count). The summed E-state index contributed by atoms with van der Waals surface area (Å²) in [5, 5.41) is 18.8. The second-order valence-electron chi connectivity index (χ2n) is 6.22. The Morgan fingerprint density at radius 2 is 2.00 bits per heavy atom. The van der Waals surface area contributed by atoms with Gasteiger partial charge in [0.2, 0.25) is 6.23 Å². The highest BCUT2D eigenvalue weighted by molar-refractivity contribution is 7.10. The lowest BCUT2D eigenvalue weighted by Crippen LogP contribution is -2.33. The number of thiophene rings is 1. The predicted molar refractivity (Wildman–Crippen MR) is 98.0 cm³/mol. The van der Waals surface area contributed by atoms with Gasteiger partial charge in [0.05, 0.1) is 16.6 Å². The minimum atomic E-state index is -0.213. The van der Waals surface area contributed by atoms with Gasteiger partial charge in [-0.15, -0.1) is 11.3 Å². The van der Waals surface area contributed by atoms with Gasteiger partial charge in [-0.2, -0.15) is 5.10 Å². The van der Waals surface area contributed by atoms with Gasteiger partial charge < -0.3 is 9.84 Å². The van der Waals surface area contributed by atoms with E-state index in [1.54, 1.807) is 23.5 Å². The maximum atomic E-state index is 9.80. The summed E-state index contributed by atoms with van der Waals surface area (Å²) >= 11 is 1.68. The van der Waals surface area contributed by atoms with Crippen LogP contribution in [0.4, 0.5) is 0 Å². The number of hydrogen-bond donors (Lipinski definition) is 1. The van der Waals surface area contributed by atoms with E-state index in [0.29, 0.717) is 0 Å². The van der Waals surface area contributed by atoms with Crippen LogP contribution in [0.1, 0.15) is 34.7 Å². The number of para-hydroxylation sites is 1. The van der Waals surface area contributed by atoms with Crippen LogP contribution in [-0.4, -0.2) is 15.8 Å². The van der Waals surface area contributed by atoms with E-state index in [9.17, 15) is 5.11 Å². The Kier molecular flexibility index (Phi) is 3.28. The Bertz CT molecular complexity index is 952. The number of phenolic OH excluding ortho intramolecular Hbond substituents is 1. The number of aromatic hydroxyl groups is 1. The molecule has 1 N–H and O–H groups in total. The highest BCUT2D eigenvalue weighted by Gasteiger charge is 2.41. The van der Waals surface area contributed by atoms with E-state index in [-0.39, 0.29) is 18.0 Å². The van der Waals surface area contributed by atoms with Gasteiger partial charge in [0.15, 0.2) is 0 Å². The molecule has 0 saturated carbocycles. The van der Waals surface area contributed by atoms with Gasteiger partial charge >= 0.3 is 0 Å². The summed E-state index contributed by atoms with van der Waals surface area (Å²) in [4.78, 5) is 1.14. The first-order valence-electron chi connectivity index (χ1n) is 8.24. The molecule has 25 heavy (non-hydrogen) atoms. The maximum Gasteiger partial charge on any atom is 0.222 e. The molecule has 0 spiro atoms. The molecule has 0 bridgehead atoms. The van der Waals surface area contributed by atoms with Crippen molar-refractivity contribution in [1.29, 1.82) is 0 Å². The molecule has 2 aromatic carbocycles. The van der Waals surface area contributed by atoms with Crippen molar-refractivity contribution in [3.63, 3.8) is 0 Å². The van der Waals surface area contributed by atoms with E-state index in [1.165, 1.54) is 0 Å². The number of rotatable bonds is 2. The molecule has 0 radical (unpaired) electrons. The molecular formula is C20H16N2O2S. The largest absolute Gasteiger partial charge is 0.508 e. The maximum absolute atomic E-state index is 9.80. The van der Waals surface area contributed by atoms with Gasteiger partial charge in [0.1, 0.15) is 11.5 Å². The average Bonchev–Trinajstić information content (AvgIpc) is 3.31. The van der Waals surface area contributed by atoms with Crippen molar-refractivity contribution >= 4 is 17.0 Å². The fourth-order valence-electron chi connectivity index (χ4n) is 3.51. The smallest absolute Gasteiger partial charge is 0.222 e. The topological polar surface area (TPSA) is 45.1 Å². The van der Waals surface area contributed by atoms with Crippen LogP contribution in [-0.2, 0) is 0 Å². The van der Waals surface area contributed by atoms with E-state index < -0.39 is 0 Å². The summed E-state index contributed by atoms with van der Waals surface area (Å²) in [5.41, 5.74) is 3.09. The van der Waals surface area contributed by atoms with Crippen molar-refractivity contribution in [2.24, 2.45) is 5.10 Å². The highest BCUT2D eigenvalue weighted by Crippen LogP contribution is 2.48. The molecule has 0 aliphatic carbocycles. The van der Waals surface area contributed by atoms with Crippen LogP contribution in [0, 0.1) is 0 Å². The first kappa shape index (κ1) is 14.5. The first-order valence-corrected chi connectivity index (χ1v) is 9.12. The van der Waals surface area contributed by atoms with Crippen LogP contribution in [0.3, 0.4) is 0 Å². The molecule has 2 aliphatic rings. The molecule has 2 atom stereocenters. The normalized spacial score (nSPS) is 21.3. The zero-order valence-electron chi connectivity index (χ0n) is 13.4. The summed E-state index contributed by atoms with van der Waals surface area (Å²) in [7, 11) is 0. The molecule has 0 unspecified atom stereocenters. The molecular weight excluding hydrogens is 332 g/mol. The number of nitrogens with zero attached hydrogens (tertiary/aromatic N) is 2. The quantitative estimate of drug-likeness (QED) is 0.730. The Morgan fingerprint density at radius 1 is 1.08 bits per heavy atom. The van der Waals surface area contributed by atoms with Crippen molar-refractivity contribution < 1.29 is 9.84 Å². The van der Waals surface area contributed by atoms with Crippen molar-refractivity contribution in [3.05, 3.63) is 82.0 Å². The van der Waals surface area contributed by atoms with Gasteiger partial charge in [0, 0.05) is 17.5 Å². The summed E-state index contributed by atoms with van der Waals surface area (Å²) in [6.07, 6.45) is 0.584. The van der Waals surface area contributed by atoms with Gasteiger partial charge in [-0.3, -0.25) is 0 Å². The third kappa shape index (κ3) is 2.39. The number of hydrazone groups is 1. The Morgan fingerprint density at radius 3 is 2.84 bits per heavy atom. The zero-order valence-corrected chi connectivity index (χ0v) is 14.2. The van der Waals surface area contributed by atoms with Crippen LogP contribution in [0.25, 0.3) is 0 Å². The lowest BCUT2D eigenvalue weighted by molar-refractivity contribution is -0.0165. The molecule has 5 heteroatoms. The standard InChI is InChI=1S/C20H16N2O2S/c23-14-6-3-5-13(11-14)16-12-17-15-7-1-2-8-18(15)24-20(22(17)21-16)19-9-4-10-25-19/h1-11,17,20,23H,12H2/t17-,20+/m0/s1. The number of fused-ring (bicyclic) bond motifs is 3. The zero-order chi connectivity index (χ0) is 16.8. The van der Waals surface area contributed by atoms with Gasteiger partial charge in [0.25, 0.3) is 0 Å². The third-order valence-electron chi connectivity index (χ3n) is 4.67. The van der Waals surface area contributed by atoms with Crippen molar-refractivity contribution in [2.45, 2.75) is 18.7 Å². The first-order chi connectivity index (χ1) is 12.3. The SMILES string of the molecule is Oc1cccc(C2=NN3[C@@H](c4cccs4)Oc4ccccc4[C@@H]3C2)c1. The van der Waals surface area contributed by atoms with Crippen LogP contribution in [0.2, 0.25) is 0 Å². The van der Waals surface area contributed by atoms with Gasteiger partial charge in [-0.05, 0) is 29.6 Å². The number of phenols is 1. The molecule has 1 aromatic heterocycles. The predicted octanol–water partition coefficient (Wildman–Crippen LogP) is 4.70. The average molecular weight is 348 g/mol. The molecule has 0 fully saturated rings. The van der Waals surface area contributed by atoms with E-state index in [1.807, 2.05) is 36.4 Å². The second-order valence-corrected chi connectivity index (χ2v) is 7.20. The van der Waals surface area contributed by atoms with Crippen molar-refractivity contribution in [3.8, 4) is 11.5 Å². The van der Waals surface area contributed by atoms with Crippen molar-refractivity contribution in [2.75, 3.05) is 0 Å². The minimum absolute atomic E-state index is 0.148. The molecule has 0 amide bonds. The highest BCUT2D eigenvalue weighted by atomic mass is 32.1.